The SMILES string of the molecule is CC(=O)c1ccc(N2CCC=C(C)C2)cc1Br. The monoisotopic (exact) mass is 293 g/mol. The first-order valence-electron chi connectivity index (χ1n) is 5.79. The van der Waals surface area contributed by atoms with Crippen LogP contribution in [0.2, 0.25) is 0 Å². The molecule has 0 radical (unpaired) electrons. The van der Waals surface area contributed by atoms with Crippen molar-refractivity contribution < 1.29 is 4.79 Å². The van der Waals surface area contributed by atoms with Crippen molar-refractivity contribution in [3.05, 3.63) is 39.9 Å². The minimum atomic E-state index is 0.0955. The van der Waals surface area contributed by atoms with E-state index in [4.69, 9.17) is 0 Å². The Morgan fingerprint density at radius 3 is 2.76 bits per heavy atom. The van der Waals surface area contributed by atoms with Gasteiger partial charge in [0.2, 0.25) is 0 Å². The van der Waals surface area contributed by atoms with E-state index in [1.165, 1.54) is 11.3 Å². The molecule has 1 heterocycles. The summed E-state index contributed by atoms with van der Waals surface area (Å²) in [6.07, 6.45) is 3.38. The number of rotatable bonds is 2. The molecule has 0 atom stereocenters. The van der Waals surface area contributed by atoms with Crippen molar-refractivity contribution in [3.8, 4) is 0 Å². The second-order valence-electron chi connectivity index (χ2n) is 4.48. The summed E-state index contributed by atoms with van der Waals surface area (Å²) in [6, 6.07) is 5.96. The van der Waals surface area contributed by atoms with E-state index in [-0.39, 0.29) is 5.78 Å². The van der Waals surface area contributed by atoms with Crippen LogP contribution < -0.4 is 4.90 Å². The van der Waals surface area contributed by atoms with Crippen molar-refractivity contribution >= 4 is 27.4 Å². The molecule has 0 saturated carbocycles. The molecule has 1 aromatic rings. The molecule has 1 aliphatic rings. The van der Waals surface area contributed by atoms with Crippen molar-refractivity contribution in [2.75, 3.05) is 18.0 Å². The van der Waals surface area contributed by atoms with E-state index in [0.717, 1.165) is 29.5 Å². The largest absolute Gasteiger partial charge is 0.367 e. The molecule has 0 amide bonds. The van der Waals surface area contributed by atoms with Gasteiger partial charge in [-0.3, -0.25) is 4.79 Å². The van der Waals surface area contributed by atoms with Gasteiger partial charge in [-0.25, -0.2) is 0 Å². The highest BCUT2D eigenvalue weighted by Gasteiger charge is 2.13. The molecule has 3 heteroatoms. The summed E-state index contributed by atoms with van der Waals surface area (Å²) in [5.41, 5.74) is 3.33. The van der Waals surface area contributed by atoms with Crippen LogP contribution in [0.5, 0.6) is 0 Å². The average Bonchev–Trinajstić information content (AvgIpc) is 2.28. The summed E-state index contributed by atoms with van der Waals surface area (Å²) >= 11 is 3.47. The Labute approximate surface area is 110 Å². The molecule has 2 nitrogen and oxygen atoms in total. The molecule has 0 aliphatic carbocycles. The zero-order valence-corrected chi connectivity index (χ0v) is 11.8. The lowest BCUT2D eigenvalue weighted by atomic mass is 10.1. The van der Waals surface area contributed by atoms with Crippen molar-refractivity contribution in [2.24, 2.45) is 0 Å². The van der Waals surface area contributed by atoms with Gasteiger partial charge in [0, 0.05) is 28.8 Å². The summed E-state index contributed by atoms with van der Waals surface area (Å²) in [6.45, 7) is 5.77. The van der Waals surface area contributed by atoms with Crippen molar-refractivity contribution in [1.29, 1.82) is 0 Å². The Balaban J connectivity index is 2.26. The second kappa shape index (κ2) is 5.05. The zero-order chi connectivity index (χ0) is 12.4. The second-order valence-corrected chi connectivity index (χ2v) is 5.34. The number of halogens is 1. The molecule has 0 N–H and O–H groups in total. The molecular formula is C14H16BrNO. The van der Waals surface area contributed by atoms with E-state index in [2.05, 4.69) is 33.8 Å². The number of carbonyl (C=O) groups excluding carboxylic acids is 1. The average molecular weight is 294 g/mol. The lowest BCUT2D eigenvalue weighted by Crippen LogP contribution is -2.29. The molecule has 0 saturated heterocycles. The van der Waals surface area contributed by atoms with Gasteiger partial charge in [0.25, 0.3) is 0 Å². The highest BCUT2D eigenvalue weighted by atomic mass is 79.9. The van der Waals surface area contributed by atoms with Gasteiger partial charge < -0.3 is 4.90 Å². The first-order valence-corrected chi connectivity index (χ1v) is 6.58. The number of hydrogen-bond acceptors (Lipinski definition) is 2. The number of Topliss-reactive ketones (excluding diaryl/α,β-unsaturated/α-hetero) is 1. The first kappa shape index (κ1) is 12.4. The zero-order valence-electron chi connectivity index (χ0n) is 10.2. The molecule has 0 bridgehead atoms. The smallest absolute Gasteiger partial charge is 0.160 e. The lowest BCUT2D eigenvalue weighted by molar-refractivity contribution is 0.101. The highest BCUT2D eigenvalue weighted by molar-refractivity contribution is 9.10. The molecule has 90 valence electrons. The number of hydrogen-bond donors (Lipinski definition) is 0. The Hall–Kier alpha value is -1.09. The lowest BCUT2D eigenvalue weighted by Gasteiger charge is -2.28. The van der Waals surface area contributed by atoms with Crippen LogP contribution in [-0.2, 0) is 0 Å². The summed E-state index contributed by atoms with van der Waals surface area (Å²) in [5, 5.41) is 0. The minimum absolute atomic E-state index is 0.0955. The van der Waals surface area contributed by atoms with E-state index in [1.807, 2.05) is 18.2 Å². The number of carbonyl (C=O) groups is 1. The normalized spacial score (nSPS) is 15.7. The van der Waals surface area contributed by atoms with Crippen LogP contribution >= 0.6 is 15.9 Å². The molecule has 17 heavy (non-hydrogen) atoms. The van der Waals surface area contributed by atoms with Gasteiger partial charge in [0.1, 0.15) is 0 Å². The van der Waals surface area contributed by atoms with Crippen LogP contribution in [0.3, 0.4) is 0 Å². The van der Waals surface area contributed by atoms with Crippen LogP contribution in [0.4, 0.5) is 5.69 Å². The number of ketones is 1. The molecule has 0 aromatic heterocycles. The predicted octanol–water partition coefficient (Wildman–Crippen LogP) is 3.81. The fourth-order valence-electron chi connectivity index (χ4n) is 2.12. The van der Waals surface area contributed by atoms with E-state index >= 15 is 0 Å². The van der Waals surface area contributed by atoms with Gasteiger partial charge in [-0.05, 0) is 54.4 Å². The van der Waals surface area contributed by atoms with Crippen LogP contribution in [-0.4, -0.2) is 18.9 Å². The van der Waals surface area contributed by atoms with Crippen LogP contribution in [0.15, 0.2) is 34.3 Å². The van der Waals surface area contributed by atoms with Gasteiger partial charge in [-0.1, -0.05) is 11.6 Å². The van der Waals surface area contributed by atoms with E-state index in [0.29, 0.717) is 0 Å². The van der Waals surface area contributed by atoms with Crippen molar-refractivity contribution in [2.45, 2.75) is 20.3 Å². The maximum absolute atomic E-state index is 11.4. The maximum atomic E-state index is 11.4. The Kier molecular flexibility index (Phi) is 3.67. The Morgan fingerprint density at radius 2 is 2.18 bits per heavy atom. The third-order valence-corrected chi connectivity index (χ3v) is 3.69. The quantitative estimate of drug-likeness (QED) is 0.610. The molecular weight excluding hydrogens is 278 g/mol. The number of benzene rings is 1. The topological polar surface area (TPSA) is 20.3 Å². The van der Waals surface area contributed by atoms with Gasteiger partial charge in [0.15, 0.2) is 5.78 Å². The summed E-state index contributed by atoms with van der Waals surface area (Å²) < 4.78 is 0.884. The van der Waals surface area contributed by atoms with Crippen molar-refractivity contribution in [3.63, 3.8) is 0 Å². The maximum Gasteiger partial charge on any atom is 0.160 e. The molecule has 0 spiro atoms. The van der Waals surface area contributed by atoms with E-state index < -0.39 is 0 Å². The van der Waals surface area contributed by atoms with Crippen LogP contribution in [0, 0.1) is 0 Å². The molecule has 0 fully saturated rings. The van der Waals surface area contributed by atoms with Crippen LogP contribution in [0.1, 0.15) is 30.6 Å². The third kappa shape index (κ3) is 2.78. The fraction of sp³-hybridized carbons (Fsp3) is 0.357. The highest BCUT2D eigenvalue weighted by Crippen LogP contribution is 2.26. The number of nitrogens with zero attached hydrogens (tertiary/aromatic N) is 1. The van der Waals surface area contributed by atoms with Gasteiger partial charge >= 0.3 is 0 Å². The third-order valence-electron chi connectivity index (χ3n) is 3.03. The summed E-state index contributed by atoms with van der Waals surface area (Å²) in [5.74, 6) is 0.0955. The molecule has 1 aliphatic heterocycles. The van der Waals surface area contributed by atoms with Crippen molar-refractivity contribution in [1.82, 2.24) is 0 Å². The molecule has 2 rings (SSSR count). The molecule has 0 unspecified atom stereocenters. The standard InChI is InChI=1S/C14H16BrNO/c1-10-4-3-7-16(9-10)12-5-6-13(11(2)17)14(15)8-12/h4-6,8H,3,7,9H2,1-2H3. The summed E-state index contributed by atoms with van der Waals surface area (Å²) in [4.78, 5) is 13.7. The Morgan fingerprint density at radius 1 is 1.41 bits per heavy atom. The first-order chi connectivity index (χ1) is 8.08. The minimum Gasteiger partial charge on any atom is -0.367 e. The van der Waals surface area contributed by atoms with Gasteiger partial charge in [-0.2, -0.15) is 0 Å². The van der Waals surface area contributed by atoms with E-state index in [9.17, 15) is 4.79 Å². The number of anilines is 1. The molecule has 1 aromatic carbocycles. The summed E-state index contributed by atoms with van der Waals surface area (Å²) in [7, 11) is 0. The predicted molar refractivity (Wildman–Crippen MR) is 74.7 cm³/mol. The Bertz CT molecular complexity index is 479. The van der Waals surface area contributed by atoms with Gasteiger partial charge in [0.05, 0.1) is 0 Å². The van der Waals surface area contributed by atoms with E-state index in [1.54, 1.807) is 6.92 Å². The van der Waals surface area contributed by atoms with Gasteiger partial charge in [-0.15, -0.1) is 0 Å². The van der Waals surface area contributed by atoms with Crippen LogP contribution in [0.25, 0.3) is 0 Å². The fourth-order valence-corrected chi connectivity index (χ4v) is 2.76.